The van der Waals surface area contributed by atoms with E-state index in [0.717, 1.165) is 0 Å². The summed E-state index contributed by atoms with van der Waals surface area (Å²) in [7, 11) is 0. The van der Waals surface area contributed by atoms with E-state index in [0.29, 0.717) is 15.6 Å². The summed E-state index contributed by atoms with van der Waals surface area (Å²) in [4.78, 5) is 11.9. The average Bonchev–Trinajstić information content (AvgIpc) is 2.69. The molecule has 0 radical (unpaired) electrons. The molecule has 76 valence electrons. The number of benzene rings is 1. The number of halogens is 2. The molecule has 0 unspecified atom stereocenters. The van der Waals surface area contributed by atoms with Gasteiger partial charge in [0.25, 0.3) is 0 Å². The van der Waals surface area contributed by atoms with Gasteiger partial charge in [-0.1, -0.05) is 0 Å². The number of hydrogen-bond donors (Lipinski definition) is 0. The molecule has 0 amide bonds. The van der Waals surface area contributed by atoms with Gasteiger partial charge < -0.3 is 0 Å². The van der Waals surface area contributed by atoms with E-state index in [1.54, 1.807) is 11.4 Å². The Morgan fingerprint density at radius 1 is 1.33 bits per heavy atom. The van der Waals surface area contributed by atoms with Gasteiger partial charge in [-0.25, -0.2) is 4.39 Å². The van der Waals surface area contributed by atoms with Crippen LogP contribution in [0, 0.1) is 5.82 Å². The quantitative estimate of drug-likeness (QED) is 0.765. The van der Waals surface area contributed by atoms with Gasteiger partial charge in [-0.2, -0.15) is 11.3 Å². The van der Waals surface area contributed by atoms with E-state index in [9.17, 15) is 9.18 Å². The fourth-order valence-corrected chi connectivity index (χ4v) is 2.39. The topological polar surface area (TPSA) is 17.1 Å². The van der Waals surface area contributed by atoms with Gasteiger partial charge in [0.2, 0.25) is 0 Å². The summed E-state index contributed by atoms with van der Waals surface area (Å²) in [5, 5.41) is 3.61. The minimum Gasteiger partial charge on any atom is -0.289 e. The summed E-state index contributed by atoms with van der Waals surface area (Å²) >= 11 is 4.64. The number of ketones is 1. The van der Waals surface area contributed by atoms with Crippen LogP contribution in [0.3, 0.4) is 0 Å². The number of carbonyl (C=O) groups is 1. The Balaban J connectivity index is 2.42. The van der Waals surface area contributed by atoms with Crippen molar-refractivity contribution in [1.29, 1.82) is 0 Å². The van der Waals surface area contributed by atoms with E-state index in [-0.39, 0.29) is 11.6 Å². The van der Waals surface area contributed by atoms with Crippen LogP contribution in [-0.2, 0) is 0 Å². The maximum absolute atomic E-state index is 12.8. The Hall–Kier alpha value is -1.00. The molecule has 2 aromatic rings. The zero-order chi connectivity index (χ0) is 10.8. The van der Waals surface area contributed by atoms with Crippen molar-refractivity contribution in [3.63, 3.8) is 0 Å². The minimum atomic E-state index is -0.358. The number of rotatable bonds is 2. The van der Waals surface area contributed by atoms with Crippen LogP contribution < -0.4 is 0 Å². The molecule has 0 aliphatic heterocycles. The van der Waals surface area contributed by atoms with Crippen molar-refractivity contribution >= 4 is 33.0 Å². The van der Waals surface area contributed by atoms with E-state index in [2.05, 4.69) is 15.9 Å². The molecule has 0 N–H and O–H groups in total. The molecule has 1 heterocycles. The largest absolute Gasteiger partial charge is 0.289 e. The highest BCUT2D eigenvalue weighted by atomic mass is 79.9. The van der Waals surface area contributed by atoms with E-state index in [4.69, 9.17) is 0 Å². The number of hydrogen-bond acceptors (Lipinski definition) is 2. The molecule has 0 saturated heterocycles. The molecule has 1 aromatic heterocycles. The van der Waals surface area contributed by atoms with Crippen LogP contribution >= 0.6 is 27.3 Å². The molecule has 1 aromatic carbocycles. The smallest absolute Gasteiger partial charge is 0.194 e. The van der Waals surface area contributed by atoms with Crippen LogP contribution in [0.15, 0.2) is 39.5 Å². The second-order valence-corrected chi connectivity index (χ2v) is 4.60. The van der Waals surface area contributed by atoms with Crippen LogP contribution in [0.4, 0.5) is 4.39 Å². The summed E-state index contributed by atoms with van der Waals surface area (Å²) in [5.74, 6) is -0.452. The number of carbonyl (C=O) groups excluding carboxylic acids is 1. The minimum absolute atomic E-state index is 0.0943. The molecule has 0 aliphatic rings. The van der Waals surface area contributed by atoms with Crippen molar-refractivity contribution < 1.29 is 9.18 Å². The van der Waals surface area contributed by atoms with Crippen molar-refractivity contribution in [2.45, 2.75) is 0 Å². The molecular weight excluding hydrogens is 279 g/mol. The van der Waals surface area contributed by atoms with Crippen molar-refractivity contribution in [2.24, 2.45) is 0 Å². The van der Waals surface area contributed by atoms with Gasteiger partial charge in [-0.05, 0) is 45.6 Å². The third-order valence-corrected chi connectivity index (χ3v) is 3.30. The fourth-order valence-electron chi connectivity index (χ4n) is 1.22. The molecule has 0 aliphatic carbocycles. The lowest BCUT2D eigenvalue weighted by atomic mass is 10.1. The zero-order valence-corrected chi connectivity index (χ0v) is 9.94. The highest BCUT2D eigenvalue weighted by molar-refractivity contribution is 9.10. The maximum Gasteiger partial charge on any atom is 0.194 e. The van der Waals surface area contributed by atoms with Gasteiger partial charge in [0.15, 0.2) is 5.78 Å². The maximum atomic E-state index is 12.8. The molecule has 15 heavy (non-hydrogen) atoms. The van der Waals surface area contributed by atoms with E-state index < -0.39 is 0 Å². The third-order valence-electron chi connectivity index (χ3n) is 1.96. The van der Waals surface area contributed by atoms with Crippen LogP contribution in [0.25, 0.3) is 0 Å². The summed E-state index contributed by atoms with van der Waals surface area (Å²) in [6.45, 7) is 0. The average molecular weight is 285 g/mol. The van der Waals surface area contributed by atoms with Gasteiger partial charge >= 0.3 is 0 Å². The standard InChI is InChI=1S/C11H6BrFOS/c12-10-5-8(13)1-2-9(10)11(14)7-3-4-15-6-7/h1-6H. The third kappa shape index (κ3) is 2.16. The van der Waals surface area contributed by atoms with Crippen molar-refractivity contribution in [1.82, 2.24) is 0 Å². The van der Waals surface area contributed by atoms with Crippen molar-refractivity contribution in [2.75, 3.05) is 0 Å². The van der Waals surface area contributed by atoms with E-state index >= 15 is 0 Å². The van der Waals surface area contributed by atoms with Gasteiger partial charge in [-0.3, -0.25) is 4.79 Å². The molecule has 2 rings (SSSR count). The SMILES string of the molecule is O=C(c1ccsc1)c1ccc(F)cc1Br. The second kappa shape index (κ2) is 4.24. The number of thiophene rings is 1. The van der Waals surface area contributed by atoms with Crippen LogP contribution in [0.2, 0.25) is 0 Å². The van der Waals surface area contributed by atoms with Crippen molar-refractivity contribution in [3.05, 3.63) is 56.4 Å². The first-order chi connectivity index (χ1) is 7.18. The van der Waals surface area contributed by atoms with Crippen LogP contribution in [0.5, 0.6) is 0 Å². The fraction of sp³-hybridized carbons (Fsp3) is 0. The van der Waals surface area contributed by atoms with Crippen LogP contribution in [0.1, 0.15) is 15.9 Å². The normalized spacial score (nSPS) is 10.3. The predicted molar refractivity (Wildman–Crippen MR) is 61.9 cm³/mol. The highest BCUT2D eigenvalue weighted by Gasteiger charge is 2.12. The molecule has 0 bridgehead atoms. The van der Waals surface area contributed by atoms with Gasteiger partial charge in [0.1, 0.15) is 5.82 Å². The first kappa shape index (κ1) is 10.5. The lowest BCUT2D eigenvalue weighted by Gasteiger charge is -2.01. The molecule has 1 nitrogen and oxygen atoms in total. The highest BCUT2D eigenvalue weighted by Crippen LogP contribution is 2.22. The first-order valence-corrected chi connectivity index (χ1v) is 5.94. The lowest BCUT2D eigenvalue weighted by Crippen LogP contribution is -2.00. The van der Waals surface area contributed by atoms with E-state index in [1.807, 2.05) is 5.38 Å². The van der Waals surface area contributed by atoms with Gasteiger partial charge in [0.05, 0.1) is 0 Å². The molecule has 4 heteroatoms. The molecule has 0 atom stereocenters. The Bertz CT molecular complexity index is 493. The summed E-state index contributed by atoms with van der Waals surface area (Å²) in [5.41, 5.74) is 1.11. The molecule has 0 saturated carbocycles. The Morgan fingerprint density at radius 2 is 2.13 bits per heavy atom. The zero-order valence-electron chi connectivity index (χ0n) is 7.54. The Morgan fingerprint density at radius 3 is 2.73 bits per heavy atom. The summed E-state index contributed by atoms with van der Waals surface area (Å²) < 4.78 is 13.3. The van der Waals surface area contributed by atoms with Gasteiger partial charge in [0, 0.05) is 21.0 Å². The van der Waals surface area contributed by atoms with Gasteiger partial charge in [-0.15, -0.1) is 0 Å². The monoisotopic (exact) mass is 284 g/mol. The van der Waals surface area contributed by atoms with E-state index in [1.165, 1.54) is 29.5 Å². The first-order valence-electron chi connectivity index (χ1n) is 4.20. The van der Waals surface area contributed by atoms with Crippen molar-refractivity contribution in [3.8, 4) is 0 Å². The second-order valence-electron chi connectivity index (χ2n) is 2.97. The summed E-state index contributed by atoms with van der Waals surface area (Å²) in [6, 6.07) is 5.81. The summed E-state index contributed by atoms with van der Waals surface area (Å²) in [6.07, 6.45) is 0. The lowest BCUT2D eigenvalue weighted by molar-refractivity contribution is 0.103. The Kier molecular flexibility index (Phi) is 2.98. The van der Waals surface area contributed by atoms with Crippen LogP contribution in [-0.4, -0.2) is 5.78 Å². The Labute approximate surface area is 98.7 Å². The predicted octanol–water partition coefficient (Wildman–Crippen LogP) is 3.88. The molecular formula is C11H6BrFOS. The molecule has 0 fully saturated rings. The molecule has 0 spiro atoms.